The lowest BCUT2D eigenvalue weighted by molar-refractivity contribution is -0.117. The van der Waals surface area contributed by atoms with Crippen LogP contribution in [0.2, 0.25) is 5.02 Å². The molecule has 0 radical (unpaired) electrons. The summed E-state index contributed by atoms with van der Waals surface area (Å²) in [5, 5.41) is 0.434. The van der Waals surface area contributed by atoms with E-state index in [9.17, 15) is 4.79 Å². The number of benzene rings is 2. The molecular formula is C25H21ClN2O3. The summed E-state index contributed by atoms with van der Waals surface area (Å²) in [6, 6.07) is 16.6. The second-order valence-electron chi connectivity index (χ2n) is 7.41. The normalized spacial score (nSPS) is 12.4. The lowest BCUT2D eigenvalue weighted by Gasteiger charge is -2.08. The quantitative estimate of drug-likeness (QED) is 0.315. The highest BCUT2D eigenvalue weighted by Crippen LogP contribution is 2.33. The van der Waals surface area contributed by atoms with Crippen molar-refractivity contribution in [1.82, 2.24) is 9.97 Å². The fourth-order valence-electron chi connectivity index (χ4n) is 3.17. The van der Waals surface area contributed by atoms with Gasteiger partial charge in [-0.2, -0.15) is 0 Å². The zero-order valence-electron chi connectivity index (χ0n) is 17.2. The van der Waals surface area contributed by atoms with Crippen molar-refractivity contribution >= 4 is 34.6 Å². The number of ether oxygens (including phenoxy) is 1. The number of hydrogen-bond donors (Lipinski definition) is 0. The number of hydrogen-bond acceptors (Lipinski definition) is 5. The number of para-hydroxylation sites is 2. The van der Waals surface area contributed by atoms with Gasteiger partial charge in [-0.15, -0.1) is 0 Å². The number of aromatic nitrogens is 2. The Labute approximate surface area is 185 Å². The van der Waals surface area contributed by atoms with E-state index >= 15 is 0 Å². The van der Waals surface area contributed by atoms with Gasteiger partial charge in [-0.05, 0) is 54.8 Å². The largest absolute Gasteiger partial charge is 0.437 e. The van der Waals surface area contributed by atoms with Crippen molar-refractivity contribution in [1.29, 1.82) is 0 Å². The molecular weight excluding hydrogens is 412 g/mol. The number of fused-ring (bicyclic) bond motifs is 1. The average molecular weight is 433 g/mol. The van der Waals surface area contributed by atoms with Gasteiger partial charge in [0.05, 0.1) is 5.02 Å². The van der Waals surface area contributed by atoms with E-state index in [-0.39, 0.29) is 11.7 Å². The third kappa shape index (κ3) is 5.19. The summed E-state index contributed by atoms with van der Waals surface area (Å²) in [4.78, 5) is 20.0. The van der Waals surface area contributed by atoms with Crippen molar-refractivity contribution < 1.29 is 13.9 Å². The number of oxazole rings is 1. The lowest BCUT2D eigenvalue weighted by atomic mass is 10.0. The number of carbonyl (C=O) groups excluding carboxylic acids is 1. The number of pyridine rings is 1. The minimum absolute atomic E-state index is 0.179. The Bertz CT molecular complexity index is 1210. The Kier molecular flexibility index (Phi) is 6.14. The van der Waals surface area contributed by atoms with E-state index in [1.807, 2.05) is 55.5 Å². The summed E-state index contributed by atoms with van der Waals surface area (Å²) in [5.74, 6) is 1.80. The first-order valence-corrected chi connectivity index (χ1v) is 10.3. The molecule has 2 aromatic heterocycles. The van der Waals surface area contributed by atoms with Gasteiger partial charge in [-0.1, -0.05) is 42.8 Å². The zero-order chi connectivity index (χ0) is 21.8. The summed E-state index contributed by atoms with van der Waals surface area (Å²) < 4.78 is 11.6. The van der Waals surface area contributed by atoms with Gasteiger partial charge in [0.1, 0.15) is 17.0 Å². The van der Waals surface area contributed by atoms with Gasteiger partial charge in [0.15, 0.2) is 5.58 Å². The summed E-state index contributed by atoms with van der Waals surface area (Å²) in [6.45, 7) is 3.61. The standard InChI is InChI=1S/C25H21ClN2O3/c1-16(13-17(2)29)7-8-18-9-12-24(27-15-18)30-22-11-10-19(14-20(22)26)25-28-21-5-3-4-6-23(21)31-25/h3-12,14-16H,13H2,1-2H3/b8-7+/t16-/m0/s1. The fraction of sp³-hybridized carbons (Fsp3) is 0.160. The molecule has 2 aromatic carbocycles. The van der Waals surface area contributed by atoms with Crippen LogP contribution in [0.1, 0.15) is 25.8 Å². The molecule has 0 aliphatic rings. The molecule has 0 aliphatic heterocycles. The van der Waals surface area contributed by atoms with Crippen LogP contribution in [0.25, 0.3) is 28.6 Å². The molecule has 0 amide bonds. The van der Waals surface area contributed by atoms with Gasteiger partial charge >= 0.3 is 0 Å². The van der Waals surface area contributed by atoms with Gasteiger partial charge in [-0.3, -0.25) is 0 Å². The lowest BCUT2D eigenvalue weighted by Crippen LogP contribution is -1.97. The van der Waals surface area contributed by atoms with Gasteiger partial charge in [0, 0.05) is 24.2 Å². The van der Waals surface area contributed by atoms with Crippen molar-refractivity contribution in [2.75, 3.05) is 0 Å². The topological polar surface area (TPSA) is 65.2 Å². The van der Waals surface area contributed by atoms with Crippen LogP contribution in [0.5, 0.6) is 11.6 Å². The highest BCUT2D eigenvalue weighted by Gasteiger charge is 2.11. The molecule has 5 nitrogen and oxygen atoms in total. The van der Waals surface area contributed by atoms with E-state index in [1.165, 1.54) is 0 Å². The Morgan fingerprint density at radius 2 is 2.03 bits per heavy atom. The number of allylic oxidation sites excluding steroid dienone is 1. The first-order valence-electron chi connectivity index (χ1n) is 9.95. The third-order valence-electron chi connectivity index (χ3n) is 4.67. The van der Waals surface area contributed by atoms with Crippen molar-refractivity contribution in [3.63, 3.8) is 0 Å². The third-order valence-corrected chi connectivity index (χ3v) is 4.97. The summed E-state index contributed by atoms with van der Waals surface area (Å²) in [5.41, 5.74) is 3.22. The molecule has 0 fully saturated rings. The molecule has 2 heterocycles. The number of Topliss-reactive ketones (excluding diaryl/α,β-unsaturated/α-hetero) is 1. The van der Waals surface area contributed by atoms with Crippen molar-refractivity contribution in [2.45, 2.75) is 20.3 Å². The molecule has 0 N–H and O–H groups in total. The smallest absolute Gasteiger partial charge is 0.227 e. The molecule has 0 aliphatic carbocycles. The van der Waals surface area contributed by atoms with Crippen molar-refractivity contribution in [3.05, 3.63) is 77.5 Å². The Balaban J connectivity index is 1.45. The van der Waals surface area contributed by atoms with Crippen LogP contribution in [0.15, 0.2) is 71.3 Å². The molecule has 4 aromatic rings. The second-order valence-corrected chi connectivity index (χ2v) is 7.81. The van der Waals surface area contributed by atoms with Crippen LogP contribution in [0.4, 0.5) is 0 Å². The highest BCUT2D eigenvalue weighted by atomic mass is 35.5. The Hall–Kier alpha value is -3.44. The van der Waals surface area contributed by atoms with Crippen molar-refractivity contribution in [3.8, 4) is 23.1 Å². The SMILES string of the molecule is CC(=O)C[C@@H](C)/C=C/c1ccc(Oc2ccc(-c3nc4ccccc4o3)cc2Cl)nc1. The molecule has 0 unspecified atom stereocenters. The van der Waals surface area contributed by atoms with E-state index < -0.39 is 0 Å². The molecule has 0 saturated carbocycles. The van der Waals surface area contributed by atoms with Gasteiger partial charge in [0.25, 0.3) is 0 Å². The monoisotopic (exact) mass is 432 g/mol. The van der Waals surface area contributed by atoms with E-state index in [2.05, 4.69) is 9.97 Å². The van der Waals surface area contributed by atoms with Crippen LogP contribution >= 0.6 is 11.6 Å². The maximum absolute atomic E-state index is 11.2. The molecule has 1 atom stereocenters. The maximum Gasteiger partial charge on any atom is 0.227 e. The van der Waals surface area contributed by atoms with Crippen LogP contribution in [-0.2, 0) is 4.79 Å². The second kappa shape index (κ2) is 9.14. The minimum atomic E-state index is 0.179. The van der Waals surface area contributed by atoms with Crippen molar-refractivity contribution in [2.24, 2.45) is 5.92 Å². The molecule has 6 heteroatoms. The predicted molar refractivity (Wildman–Crippen MR) is 122 cm³/mol. The summed E-state index contributed by atoms with van der Waals surface area (Å²) >= 11 is 6.42. The molecule has 0 saturated heterocycles. The van der Waals surface area contributed by atoms with E-state index in [1.54, 1.807) is 31.3 Å². The Morgan fingerprint density at radius 1 is 1.19 bits per heavy atom. The van der Waals surface area contributed by atoms with Gasteiger partial charge < -0.3 is 13.9 Å². The number of nitrogens with zero attached hydrogens (tertiary/aromatic N) is 2. The zero-order valence-corrected chi connectivity index (χ0v) is 18.0. The predicted octanol–water partition coefficient (Wildman–Crippen LogP) is 6.96. The van der Waals surface area contributed by atoms with Crippen LogP contribution < -0.4 is 4.74 Å². The van der Waals surface area contributed by atoms with Crippen LogP contribution in [0, 0.1) is 5.92 Å². The molecule has 0 bridgehead atoms. The van der Waals surface area contributed by atoms with Gasteiger partial charge in [0.2, 0.25) is 11.8 Å². The first-order chi connectivity index (χ1) is 15.0. The summed E-state index contributed by atoms with van der Waals surface area (Å²) in [7, 11) is 0. The fourth-order valence-corrected chi connectivity index (χ4v) is 3.39. The van der Waals surface area contributed by atoms with E-state index in [0.717, 1.165) is 22.2 Å². The average Bonchev–Trinajstić information content (AvgIpc) is 3.18. The number of carbonyl (C=O) groups is 1. The number of halogens is 1. The van der Waals surface area contributed by atoms with Gasteiger partial charge in [-0.25, -0.2) is 9.97 Å². The number of rotatable bonds is 7. The van der Waals surface area contributed by atoms with E-state index in [0.29, 0.717) is 29.0 Å². The molecule has 156 valence electrons. The van der Waals surface area contributed by atoms with E-state index in [4.69, 9.17) is 20.8 Å². The summed E-state index contributed by atoms with van der Waals surface area (Å²) in [6.07, 6.45) is 6.20. The minimum Gasteiger partial charge on any atom is -0.437 e. The maximum atomic E-state index is 11.2. The van der Waals surface area contributed by atoms with Crippen LogP contribution in [-0.4, -0.2) is 15.8 Å². The van der Waals surface area contributed by atoms with Crippen LogP contribution in [0.3, 0.4) is 0 Å². The number of ketones is 1. The Morgan fingerprint density at radius 3 is 2.74 bits per heavy atom. The molecule has 4 rings (SSSR count). The first kappa shape index (κ1) is 20.8. The molecule has 0 spiro atoms. The molecule has 31 heavy (non-hydrogen) atoms. The highest BCUT2D eigenvalue weighted by molar-refractivity contribution is 6.32.